The zero-order chi connectivity index (χ0) is 13.1. The fraction of sp³-hybridized carbons (Fsp3) is 0.231. The molecule has 0 atom stereocenters. The summed E-state index contributed by atoms with van der Waals surface area (Å²) in [7, 11) is 0. The van der Waals surface area contributed by atoms with Gasteiger partial charge in [-0.15, -0.1) is 0 Å². The van der Waals surface area contributed by atoms with Crippen LogP contribution in [-0.2, 0) is 13.1 Å². The van der Waals surface area contributed by atoms with E-state index < -0.39 is 0 Å². The summed E-state index contributed by atoms with van der Waals surface area (Å²) in [6, 6.07) is 8.28. The van der Waals surface area contributed by atoms with Gasteiger partial charge in [0.2, 0.25) is 0 Å². The van der Waals surface area contributed by atoms with Gasteiger partial charge in [-0.3, -0.25) is 0 Å². The molecule has 1 N–H and O–H groups in total. The van der Waals surface area contributed by atoms with Gasteiger partial charge in [-0.25, -0.2) is 0 Å². The molecule has 0 fully saturated rings. The van der Waals surface area contributed by atoms with E-state index in [9.17, 15) is 0 Å². The summed E-state index contributed by atoms with van der Waals surface area (Å²) in [5.41, 5.74) is 2.35. The first kappa shape index (κ1) is 14.2. The van der Waals surface area contributed by atoms with Crippen LogP contribution in [-0.4, -0.2) is 4.57 Å². The number of halogens is 3. The number of hydrogen-bond acceptors (Lipinski definition) is 1. The molecule has 0 unspecified atom stereocenters. The highest BCUT2D eigenvalue weighted by Gasteiger charge is 2.07. The molecule has 1 heterocycles. The van der Waals surface area contributed by atoms with Crippen LogP contribution in [0, 0.1) is 0 Å². The Morgan fingerprint density at radius 3 is 2.44 bits per heavy atom. The molecule has 0 saturated carbocycles. The molecular weight excluding hydrogens is 424 g/mol. The van der Waals surface area contributed by atoms with Crippen LogP contribution in [0.5, 0.6) is 0 Å². The standard InChI is InChI=1S/C13H13Br3N2/c1-2-18-5-3-4-10(18)8-17-13-11(15)6-9(14)7-12(13)16/h3-7,17H,2,8H2,1H3. The lowest BCUT2D eigenvalue weighted by atomic mass is 10.3. The van der Waals surface area contributed by atoms with Gasteiger partial charge >= 0.3 is 0 Å². The zero-order valence-corrected chi connectivity index (χ0v) is 14.6. The number of benzene rings is 1. The average molecular weight is 437 g/mol. The minimum atomic E-state index is 0.805. The number of nitrogens with one attached hydrogen (secondary N) is 1. The number of rotatable bonds is 4. The van der Waals surface area contributed by atoms with E-state index in [1.54, 1.807) is 0 Å². The lowest BCUT2D eigenvalue weighted by Crippen LogP contribution is -2.06. The number of nitrogens with zero attached hydrogens (tertiary/aromatic N) is 1. The van der Waals surface area contributed by atoms with Crippen molar-refractivity contribution in [3.05, 3.63) is 49.6 Å². The van der Waals surface area contributed by atoms with Crippen molar-refractivity contribution in [3.8, 4) is 0 Å². The summed E-state index contributed by atoms with van der Waals surface area (Å²) in [5.74, 6) is 0. The van der Waals surface area contributed by atoms with Crippen LogP contribution >= 0.6 is 47.8 Å². The number of anilines is 1. The normalized spacial score (nSPS) is 10.7. The summed E-state index contributed by atoms with van der Waals surface area (Å²) >= 11 is 10.6. The minimum absolute atomic E-state index is 0.805. The molecule has 96 valence electrons. The van der Waals surface area contributed by atoms with E-state index in [1.807, 2.05) is 12.1 Å². The van der Waals surface area contributed by atoms with Crippen LogP contribution < -0.4 is 5.32 Å². The van der Waals surface area contributed by atoms with Gasteiger partial charge in [0.25, 0.3) is 0 Å². The Morgan fingerprint density at radius 2 is 1.83 bits per heavy atom. The Labute approximate surface area is 132 Å². The third kappa shape index (κ3) is 3.19. The van der Waals surface area contributed by atoms with E-state index >= 15 is 0 Å². The van der Waals surface area contributed by atoms with Gasteiger partial charge in [-0.05, 0) is 63.0 Å². The highest BCUT2D eigenvalue weighted by molar-refractivity contribution is 9.11. The Balaban J connectivity index is 2.16. The molecule has 5 heteroatoms. The van der Waals surface area contributed by atoms with E-state index in [0.29, 0.717) is 0 Å². The maximum atomic E-state index is 3.57. The zero-order valence-electron chi connectivity index (χ0n) is 9.88. The van der Waals surface area contributed by atoms with Crippen LogP contribution in [0.4, 0.5) is 5.69 Å². The van der Waals surface area contributed by atoms with Crippen LogP contribution in [0.2, 0.25) is 0 Å². The van der Waals surface area contributed by atoms with Gasteiger partial charge in [0.15, 0.2) is 0 Å². The van der Waals surface area contributed by atoms with Gasteiger partial charge in [0, 0.05) is 31.9 Å². The van der Waals surface area contributed by atoms with Crippen LogP contribution in [0.25, 0.3) is 0 Å². The largest absolute Gasteiger partial charge is 0.378 e. The molecule has 1 aromatic carbocycles. The molecule has 2 nitrogen and oxygen atoms in total. The fourth-order valence-corrected chi connectivity index (χ4v) is 4.35. The number of aromatic nitrogens is 1. The molecular formula is C13H13Br3N2. The van der Waals surface area contributed by atoms with E-state index in [1.165, 1.54) is 5.69 Å². The highest BCUT2D eigenvalue weighted by atomic mass is 79.9. The minimum Gasteiger partial charge on any atom is -0.378 e. The predicted molar refractivity (Wildman–Crippen MR) is 87.0 cm³/mol. The molecule has 0 saturated heterocycles. The van der Waals surface area contributed by atoms with Gasteiger partial charge < -0.3 is 9.88 Å². The first-order valence-corrected chi connectivity index (χ1v) is 8.02. The Kier molecular flexibility index (Phi) is 4.92. The van der Waals surface area contributed by atoms with Crippen molar-refractivity contribution >= 4 is 53.5 Å². The first-order chi connectivity index (χ1) is 8.61. The van der Waals surface area contributed by atoms with E-state index in [-0.39, 0.29) is 0 Å². The molecule has 0 aliphatic carbocycles. The summed E-state index contributed by atoms with van der Waals surface area (Å²) in [6.07, 6.45) is 2.10. The molecule has 2 aromatic rings. The van der Waals surface area contributed by atoms with Gasteiger partial charge in [-0.2, -0.15) is 0 Å². The molecule has 0 spiro atoms. The van der Waals surface area contributed by atoms with Crippen LogP contribution in [0.15, 0.2) is 43.9 Å². The average Bonchev–Trinajstić information content (AvgIpc) is 2.75. The van der Waals surface area contributed by atoms with Crippen molar-refractivity contribution in [2.24, 2.45) is 0 Å². The summed E-state index contributed by atoms with van der Waals surface area (Å²) < 4.78 is 5.36. The van der Waals surface area contributed by atoms with Crippen molar-refractivity contribution in [2.45, 2.75) is 20.0 Å². The summed E-state index contributed by atoms with van der Waals surface area (Å²) in [6.45, 7) is 3.95. The topological polar surface area (TPSA) is 17.0 Å². The second-order valence-electron chi connectivity index (χ2n) is 3.88. The molecule has 0 aliphatic rings. The maximum Gasteiger partial charge on any atom is 0.0632 e. The molecule has 1 aromatic heterocycles. The van der Waals surface area contributed by atoms with Crippen molar-refractivity contribution in [1.82, 2.24) is 4.57 Å². The monoisotopic (exact) mass is 434 g/mol. The second-order valence-corrected chi connectivity index (χ2v) is 6.51. The van der Waals surface area contributed by atoms with Crippen molar-refractivity contribution in [2.75, 3.05) is 5.32 Å². The fourth-order valence-electron chi connectivity index (χ4n) is 1.81. The smallest absolute Gasteiger partial charge is 0.0632 e. The van der Waals surface area contributed by atoms with E-state index in [0.717, 1.165) is 32.2 Å². The van der Waals surface area contributed by atoms with Crippen LogP contribution in [0.3, 0.4) is 0 Å². The first-order valence-electron chi connectivity index (χ1n) is 5.64. The Morgan fingerprint density at radius 1 is 1.17 bits per heavy atom. The molecule has 0 amide bonds. The Bertz CT molecular complexity index is 526. The highest BCUT2D eigenvalue weighted by Crippen LogP contribution is 2.34. The third-order valence-corrected chi connectivity index (χ3v) is 4.43. The van der Waals surface area contributed by atoms with Crippen LogP contribution in [0.1, 0.15) is 12.6 Å². The lowest BCUT2D eigenvalue weighted by molar-refractivity contribution is 0.724. The maximum absolute atomic E-state index is 3.57. The predicted octanol–water partition coefficient (Wildman–Crippen LogP) is 5.41. The molecule has 0 radical (unpaired) electrons. The number of hydrogen-bond donors (Lipinski definition) is 1. The number of aryl methyl sites for hydroxylation is 1. The molecule has 2 rings (SSSR count). The van der Waals surface area contributed by atoms with E-state index in [4.69, 9.17) is 0 Å². The van der Waals surface area contributed by atoms with Crippen molar-refractivity contribution < 1.29 is 0 Å². The van der Waals surface area contributed by atoms with Gasteiger partial charge in [0.05, 0.1) is 12.2 Å². The van der Waals surface area contributed by atoms with E-state index in [2.05, 4.69) is 82.9 Å². The molecule has 0 bridgehead atoms. The SMILES string of the molecule is CCn1cccc1CNc1c(Br)cc(Br)cc1Br. The lowest BCUT2D eigenvalue weighted by Gasteiger charge is -2.13. The van der Waals surface area contributed by atoms with Crippen molar-refractivity contribution in [3.63, 3.8) is 0 Å². The quantitative estimate of drug-likeness (QED) is 0.678. The second kappa shape index (κ2) is 6.26. The molecule has 0 aliphatic heterocycles. The van der Waals surface area contributed by atoms with Gasteiger partial charge in [0.1, 0.15) is 0 Å². The van der Waals surface area contributed by atoms with Crippen molar-refractivity contribution in [1.29, 1.82) is 0 Å². The summed E-state index contributed by atoms with van der Waals surface area (Å²) in [4.78, 5) is 0. The van der Waals surface area contributed by atoms with Gasteiger partial charge in [-0.1, -0.05) is 15.9 Å². The Hall–Kier alpha value is -0.260. The third-order valence-electron chi connectivity index (χ3n) is 2.72. The molecule has 18 heavy (non-hydrogen) atoms. The summed E-state index contributed by atoms with van der Waals surface area (Å²) in [5, 5.41) is 3.45.